The molecule has 1 N–H and O–H groups in total. The number of benzene rings is 3. The Kier molecular flexibility index (Phi) is 10.4. The lowest BCUT2D eigenvalue weighted by Crippen LogP contribution is -2.40. The number of hydrogen-bond acceptors (Lipinski definition) is 6. The van der Waals surface area contributed by atoms with Crippen LogP contribution in [0.5, 0.6) is 0 Å². The molecule has 17 heteroatoms. The highest BCUT2D eigenvalue weighted by molar-refractivity contribution is 8.05. The highest BCUT2D eigenvalue weighted by Gasteiger charge is 2.48. The SMILES string of the molecule is CCCCc1nn(-c2ccccc2C(F)(F)F)c(=O)n1Cc1ccc(-c2cc(CCC)ccc2S(=O)(=O)NS(=O)(=O)C(F)(F)F)cc1. The summed E-state index contributed by atoms with van der Waals surface area (Å²) in [4.78, 5) is 12.7. The average Bonchev–Trinajstić information content (AvgIpc) is 3.29. The first-order chi connectivity index (χ1) is 21.9. The van der Waals surface area contributed by atoms with Crippen LogP contribution < -0.4 is 9.82 Å². The summed E-state index contributed by atoms with van der Waals surface area (Å²) in [5.74, 6) is 0.246. The Morgan fingerprint density at radius 1 is 0.809 bits per heavy atom. The Bertz CT molecular complexity index is 2020. The number of nitrogens with one attached hydrogen (secondary N) is 1. The van der Waals surface area contributed by atoms with Gasteiger partial charge in [0, 0.05) is 12.0 Å². The van der Waals surface area contributed by atoms with Crippen LogP contribution in [-0.4, -0.2) is 36.7 Å². The number of alkyl halides is 6. The summed E-state index contributed by atoms with van der Waals surface area (Å²) in [5.41, 5.74) is -6.89. The summed E-state index contributed by atoms with van der Waals surface area (Å²) in [7, 11) is -11.5. The highest BCUT2D eigenvalue weighted by Crippen LogP contribution is 2.34. The second-order valence-corrected chi connectivity index (χ2v) is 14.2. The summed E-state index contributed by atoms with van der Waals surface area (Å²) in [6, 6.07) is 14.3. The smallest absolute Gasteiger partial charge is 0.274 e. The van der Waals surface area contributed by atoms with Gasteiger partial charge in [-0.25, -0.2) is 21.6 Å². The maximum atomic E-state index is 13.7. The van der Waals surface area contributed by atoms with Crippen molar-refractivity contribution in [3.63, 3.8) is 0 Å². The zero-order valence-corrected chi connectivity index (χ0v) is 26.7. The van der Waals surface area contributed by atoms with Gasteiger partial charge in [0.2, 0.25) is 0 Å². The van der Waals surface area contributed by atoms with Crippen molar-refractivity contribution in [2.24, 2.45) is 0 Å². The largest absolute Gasteiger partial charge is 0.512 e. The quantitative estimate of drug-likeness (QED) is 0.176. The third-order valence-corrected chi connectivity index (χ3v) is 10.4. The molecule has 9 nitrogen and oxygen atoms in total. The molecule has 0 saturated carbocycles. The number of unbranched alkanes of at least 4 members (excludes halogenated alkanes) is 1. The van der Waals surface area contributed by atoms with Crippen molar-refractivity contribution in [2.45, 2.75) is 69.1 Å². The summed E-state index contributed by atoms with van der Waals surface area (Å²) in [6.45, 7) is 3.64. The first-order valence-electron chi connectivity index (χ1n) is 14.3. The molecule has 4 rings (SSSR count). The molecule has 0 aliphatic carbocycles. The van der Waals surface area contributed by atoms with Crippen molar-refractivity contribution >= 4 is 20.0 Å². The molecule has 47 heavy (non-hydrogen) atoms. The molecule has 0 aliphatic rings. The third-order valence-electron chi connectivity index (χ3n) is 7.13. The van der Waals surface area contributed by atoms with E-state index in [9.17, 15) is 48.0 Å². The Balaban J connectivity index is 1.76. The van der Waals surface area contributed by atoms with Crippen molar-refractivity contribution in [1.82, 2.24) is 18.5 Å². The zero-order valence-electron chi connectivity index (χ0n) is 25.1. The van der Waals surface area contributed by atoms with Crippen LogP contribution in [0, 0.1) is 0 Å². The number of aromatic nitrogens is 3. The molecule has 0 bridgehead atoms. The van der Waals surface area contributed by atoms with Crippen molar-refractivity contribution in [3.8, 4) is 16.8 Å². The number of rotatable bonds is 12. The van der Waals surface area contributed by atoms with Gasteiger partial charge in [-0.05, 0) is 53.8 Å². The van der Waals surface area contributed by atoms with E-state index in [1.54, 1.807) is 0 Å². The average molecular weight is 705 g/mol. The Morgan fingerprint density at radius 2 is 1.45 bits per heavy atom. The van der Waals surface area contributed by atoms with Gasteiger partial charge in [0.05, 0.1) is 22.7 Å². The van der Waals surface area contributed by atoms with Crippen LogP contribution in [0.2, 0.25) is 0 Å². The van der Waals surface area contributed by atoms with E-state index in [0.29, 0.717) is 41.5 Å². The van der Waals surface area contributed by atoms with Gasteiger partial charge in [-0.3, -0.25) is 4.57 Å². The molecule has 0 atom stereocenters. The van der Waals surface area contributed by atoms with Crippen molar-refractivity contribution in [1.29, 1.82) is 0 Å². The van der Waals surface area contributed by atoms with Gasteiger partial charge in [0.1, 0.15) is 5.82 Å². The molecular weight excluding hydrogens is 674 g/mol. The highest BCUT2D eigenvalue weighted by atomic mass is 32.3. The van der Waals surface area contributed by atoms with Crippen molar-refractivity contribution in [2.75, 3.05) is 0 Å². The van der Waals surface area contributed by atoms with E-state index < -0.39 is 53.6 Å². The van der Waals surface area contributed by atoms with Crippen LogP contribution in [0.4, 0.5) is 26.3 Å². The number of nitrogens with zero attached hydrogens (tertiary/aromatic N) is 3. The van der Waals surface area contributed by atoms with Crippen LogP contribution in [0.25, 0.3) is 16.8 Å². The van der Waals surface area contributed by atoms with E-state index in [0.717, 1.165) is 28.7 Å². The zero-order chi connectivity index (χ0) is 34.8. The monoisotopic (exact) mass is 704 g/mol. The lowest BCUT2D eigenvalue weighted by Gasteiger charge is -2.15. The fourth-order valence-electron chi connectivity index (χ4n) is 4.86. The van der Waals surface area contributed by atoms with Crippen LogP contribution >= 0.6 is 0 Å². The summed E-state index contributed by atoms with van der Waals surface area (Å²) < 4.78 is 132. The molecule has 0 amide bonds. The molecule has 254 valence electrons. The minimum atomic E-state index is -6.25. The molecule has 0 aliphatic heterocycles. The van der Waals surface area contributed by atoms with Gasteiger partial charge in [-0.15, -0.1) is 5.10 Å². The number of para-hydroxylation sites is 1. The van der Waals surface area contributed by atoms with Gasteiger partial charge >= 0.3 is 27.4 Å². The first kappa shape index (κ1) is 35.9. The predicted octanol–water partition coefficient (Wildman–Crippen LogP) is 6.19. The lowest BCUT2D eigenvalue weighted by atomic mass is 10.00. The van der Waals surface area contributed by atoms with E-state index in [1.807, 2.05) is 13.8 Å². The van der Waals surface area contributed by atoms with E-state index in [-0.39, 0.29) is 23.5 Å². The molecule has 0 fully saturated rings. The van der Waals surface area contributed by atoms with E-state index in [1.165, 1.54) is 53.1 Å². The van der Waals surface area contributed by atoms with Gasteiger partial charge in [0.25, 0.3) is 10.0 Å². The molecule has 1 heterocycles. The maximum Gasteiger partial charge on any atom is 0.512 e. The van der Waals surface area contributed by atoms with Crippen LogP contribution in [-0.2, 0) is 45.6 Å². The minimum absolute atomic E-state index is 0.0650. The van der Waals surface area contributed by atoms with Gasteiger partial charge in [0.15, 0.2) is 0 Å². The molecule has 0 spiro atoms. The number of sulfonamides is 2. The maximum absolute atomic E-state index is 13.7. The van der Waals surface area contributed by atoms with E-state index in [4.69, 9.17) is 0 Å². The second kappa shape index (κ2) is 13.6. The van der Waals surface area contributed by atoms with Gasteiger partial charge in [-0.2, -0.15) is 31.0 Å². The number of aryl methyl sites for hydroxylation is 2. The molecule has 1 aromatic heterocycles. The topological polar surface area (TPSA) is 120 Å². The normalized spacial score (nSPS) is 12.9. The standard InChI is InChI=1S/C30H30F6N4O5S2/c1-3-5-11-27-37-40(25-10-7-6-9-24(25)29(31,32)33)28(41)39(27)19-21-12-15-22(16-13-21)23-18-20(8-4-2)14-17-26(23)46(42,43)38-47(44,45)30(34,35)36/h6-7,9-10,12-18,38H,3-5,8,11,19H2,1-2H3. The van der Waals surface area contributed by atoms with Crippen molar-refractivity contribution in [3.05, 3.63) is 99.7 Å². The van der Waals surface area contributed by atoms with Crippen LogP contribution in [0.1, 0.15) is 55.6 Å². The fourth-order valence-corrected chi connectivity index (χ4v) is 7.47. The molecular formula is C30H30F6N4O5S2. The Hall–Kier alpha value is -3.96. The van der Waals surface area contributed by atoms with Crippen LogP contribution in [0.15, 0.2) is 76.4 Å². The fraction of sp³-hybridized carbons (Fsp3) is 0.333. The predicted molar refractivity (Wildman–Crippen MR) is 162 cm³/mol. The molecule has 0 saturated heterocycles. The Morgan fingerprint density at radius 3 is 2.04 bits per heavy atom. The third kappa shape index (κ3) is 7.96. The Labute approximate surface area is 267 Å². The minimum Gasteiger partial charge on any atom is -0.274 e. The van der Waals surface area contributed by atoms with E-state index >= 15 is 0 Å². The number of halogens is 6. The molecule has 4 aromatic rings. The first-order valence-corrected chi connectivity index (χ1v) is 17.3. The summed E-state index contributed by atoms with van der Waals surface area (Å²) >= 11 is 0. The molecule has 0 unspecified atom stereocenters. The molecule has 0 radical (unpaired) electrons. The lowest BCUT2D eigenvalue weighted by molar-refractivity contribution is -0.137. The van der Waals surface area contributed by atoms with Gasteiger partial charge < -0.3 is 0 Å². The van der Waals surface area contributed by atoms with Crippen LogP contribution in [0.3, 0.4) is 0 Å². The summed E-state index contributed by atoms with van der Waals surface area (Å²) in [6.07, 6.45) is -1.99. The van der Waals surface area contributed by atoms with E-state index in [2.05, 4.69) is 5.10 Å². The number of hydrogen-bond donors (Lipinski definition) is 1. The summed E-state index contributed by atoms with van der Waals surface area (Å²) in [5, 5.41) is 4.23. The van der Waals surface area contributed by atoms with Gasteiger partial charge in [-0.1, -0.05) is 73.3 Å². The second-order valence-electron chi connectivity index (χ2n) is 10.6. The molecule has 3 aromatic carbocycles. The van der Waals surface area contributed by atoms with Crippen molar-refractivity contribution < 1.29 is 43.2 Å².